The summed E-state index contributed by atoms with van der Waals surface area (Å²) >= 11 is 0. The van der Waals surface area contributed by atoms with Gasteiger partial charge in [0, 0.05) is 12.1 Å². The molecule has 0 spiro atoms. The van der Waals surface area contributed by atoms with Crippen molar-refractivity contribution < 1.29 is 18.1 Å². The SMILES string of the molecule is Nc1cc([N+](=O)[O-])ccc1C(F)(F)F. The number of hydrogen-bond acceptors (Lipinski definition) is 3. The minimum atomic E-state index is -4.58. The predicted octanol–water partition coefficient (Wildman–Crippen LogP) is 2.20. The van der Waals surface area contributed by atoms with Crippen LogP contribution in [0.5, 0.6) is 0 Å². The third-order valence-electron chi connectivity index (χ3n) is 1.55. The van der Waals surface area contributed by atoms with E-state index in [0.717, 1.165) is 6.07 Å². The van der Waals surface area contributed by atoms with E-state index in [-0.39, 0.29) is 0 Å². The number of rotatable bonds is 1. The number of alkyl halides is 3. The summed E-state index contributed by atoms with van der Waals surface area (Å²) in [6, 6.07) is 2.04. The summed E-state index contributed by atoms with van der Waals surface area (Å²) in [6.07, 6.45) is -4.58. The lowest BCUT2D eigenvalue weighted by Gasteiger charge is -2.08. The zero-order valence-corrected chi connectivity index (χ0v) is 6.71. The smallest absolute Gasteiger partial charge is 0.398 e. The van der Waals surface area contributed by atoms with Gasteiger partial charge in [-0.1, -0.05) is 0 Å². The Morgan fingerprint density at radius 2 is 1.93 bits per heavy atom. The molecule has 1 aromatic carbocycles. The van der Waals surface area contributed by atoms with E-state index in [4.69, 9.17) is 5.73 Å². The van der Waals surface area contributed by atoms with Crippen LogP contribution in [-0.2, 0) is 6.18 Å². The van der Waals surface area contributed by atoms with E-state index in [1.807, 2.05) is 0 Å². The molecule has 0 heterocycles. The van der Waals surface area contributed by atoms with Gasteiger partial charge in [0.25, 0.3) is 5.69 Å². The first-order valence-corrected chi connectivity index (χ1v) is 3.43. The first kappa shape index (κ1) is 10.3. The van der Waals surface area contributed by atoms with E-state index in [2.05, 4.69) is 0 Å². The van der Waals surface area contributed by atoms with Gasteiger partial charge in [-0.3, -0.25) is 10.1 Å². The fourth-order valence-corrected chi connectivity index (χ4v) is 0.922. The molecule has 0 aliphatic rings. The summed E-state index contributed by atoms with van der Waals surface area (Å²) in [5.74, 6) is 0. The molecule has 0 saturated carbocycles. The van der Waals surface area contributed by atoms with Crippen molar-refractivity contribution in [3.63, 3.8) is 0 Å². The molecule has 0 bridgehead atoms. The van der Waals surface area contributed by atoms with Crippen LogP contribution in [0.2, 0.25) is 0 Å². The fraction of sp³-hybridized carbons (Fsp3) is 0.143. The van der Waals surface area contributed by atoms with Crippen LogP contribution in [0.25, 0.3) is 0 Å². The largest absolute Gasteiger partial charge is 0.418 e. The summed E-state index contributed by atoms with van der Waals surface area (Å²) in [5.41, 5.74) is 2.85. The second-order valence-electron chi connectivity index (χ2n) is 2.53. The zero-order chi connectivity index (χ0) is 10.9. The molecule has 0 saturated heterocycles. The van der Waals surface area contributed by atoms with Crippen molar-refractivity contribution in [2.45, 2.75) is 6.18 Å². The van der Waals surface area contributed by atoms with Gasteiger partial charge in [0.2, 0.25) is 0 Å². The quantitative estimate of drug-likeness (QED) is 0.435. The van der Waals surface area contributed by atoms with Crippen LogP contribution >= 0.6 is 0 Å². The minimum absolute atomic E-state index is 0.463. The number of nitrogens with zero attached hydrogens (tertiary/aromatic N) is 1. The number of nitro groups is 1. The topological polar surface area (TPSA) is 69.2 Å². The van der Waals surface area contributed by atoms with Crippen LogP contribution in [0.4, 0.5) is 24.5 Å². The van der Waals surface area contributed by atoms with E-state index < -0.39 is 28.0 Å². The van der Waals surface area contributed by atoms with Crippen molar-refractivity contribution in [3.05, 3.63) is 33.9 Å². The van der Waals surface area contributed by atoms with Crippen LogP contribution in [0.1, 0.15) is 5.56 Å². The van der Waals surface area contributed by atoms with Crippen molar-refractivity contribution in [2.24, 2.45) is 0 Å². The first-order valence-electron chi connectivity index (χ1n) is 3.43. The van der Waals surface area contributed by atoms with E-state index in [0.29, 0.717) is 12.1 Å². The van der Waals surface area contributed by atoms with Crippen LogP contribution < -0.4 is 5.73 Å². The molecule has 76 valence electrons. The summed E-state index contributed by atoms with van der Waals surface area (Å²) in [5, 5.41) is 10.2. The molecule has 0 unspecified atom stereocenters. The van der Waals surface area contributed by atoms with Gasteiger partial charge < -0.3 is 5.73 Å². The van der Waals surface area contributed by atoms with E-state index in [1.54, 1.807) is 0 Å². The highest BCUT2D eigenvalue weighted by atomic mass is 19.4. The Morgan fingerprint density at radius 3 is 2.29 bits per heavy atom. The van der Waals surface area contributed by atoms with Crippen molar-refractivity contribution in [1.29, 1.82) is 0 Å². The number of non-ortho nitro benzene ring substituents is 1. The maximum atomic E-state index is 12.1. The monoisotopic (exact) mass is 206 g/mol. The Labute approximate surface area is 76.3 Å². The second-order valence-corrected chi connectivity index (χ2v) is 2.53. The molecule has 0 aliphatic carbocycles. The molecule has 0 amide bonds. The Hall–Kier alpha value is -1.79. The van der Waals surface area contributed by atoms with Gasteiger partial charge in [0.15, 0.2) is 0 Å². The molecule has 7 heteroatoms. The lowest BCUT2D eigenvalue weighted by Crippen LogP contribution is -2.08. The van der Waals surface area contributed by atoms with Crippen LogP contribution in [0.3, 0.4) is 0 Å². The minimum Gasteiger partial charge on any atom is -0.398 e. The van der Waals surface area contributed by atoms with Gasteiger partial charge in [-0.25, -0.2) is 0 Å². The maximum Gasteiger partial charge on any atom is 0.418 e. The third-order valence-corrected chi connectivity index (χ3v) is 1.55. The molecule has 4 nitrogen and oxygen atoms in total. The van der Waals surface area contributed by atoms with Gasteiger partial charge in [-0.2, -0.15) is 13.2 Å². The molecule has 0 aliphatic heterocycles. The molecular formula is C7H5F3N2O2. The average molecular weight is 206 g/mol. The molecule has 1 rings (SSSR count). The molecule has 0 atom stereocenters. The summed E-state index contributed by atoms with van der Waals surface area (Å²) in [4.78, 5) is 9.37. The van der Waals surface area contributed by atoms with Gasteiger partial charge in [0.1, 0.15) is 0 Å². The standard InChI is InChI=1S/C7H5F3N2O2/c8-7(9,10)5-2-1-4(12(13)14)3-6(5)11/h1-3H,11H2. The zero-order valence-electron chi connectivity index (χ0n) is 6.71. The lowest BCUT2D eigenvalue weighted by molar-refractivity contribution is -0.384. The summed E-state index contributed by atoms with van der Waals surface area (Å²) in [6.45, 7) is 0. The van der Waals surface area contributed by atoms with Crippen molar-refractivity contribution >= 4 is 11.4 Å². The number of halogens is 3. The van der Waals surface area contributed by atoms with E-state index in [1.165, 1.54) is 0 Å². The molecule has 0 radical (unpaired) electrons. The molecule has 0 fully saturated rings. The highest BCUT2D eigenvalue weighted by Gasteiger charge is 2.33. The predicted molar refractivity (Wildman–Crippen MR) is 42.5 cm³/mol. The summed E-state index contributed by atoms with van der Waals surface area (Å²) < 4.78 is 36.4. The van der Waals surface area contributed by atoms with Crippen molar-refractivity contribution in [1.82, 2.24) is 0 Å². The number of nitrogen functional groups attached to an aromatic ring is 1. The fourth-order valence-electron chi connectivity index (χ4n) is 0.922. The Morgan fingerprint density at radius 1 is 1.36 bits per heavy atom. The Bertz CT molecular complexity index is 376. The second kappa shape index (κ2) is 3.17. The normalized spacial score (nSPS) is 11.4. The number of benzene rings is 1. The molecular weight excluding hydrogens is 201 g/mol. The van der Waals surface area contributed by atoms with Crippen molar-refractivity contribution in [2.75, 3.05) is 5.73 Å². The van der Waals surface area contributed by atoms with Crippen molar-refractivity contribution in [3.8, 4) is 0 Å². The first-order chi connectivity index (χ1) is 6.32. The van der Waals surface area contributed by atoms with Gasteiger partial charge in [-0.15, -0.1) is 0 Å². The average Bonchev–Trinajstić information content (AvgIpc) is 2.01. The Kier molecular flexibility index (Phi) is 2.33. The van der Waals surface area contributed by atoms with Crippen LogP contribution in [0.15, 0.2) is 18.2 Å². The third kappa shape index (κ3) is 1.93. The van der Waals surface area contributed by atoms with Gasteiger partial charge >= 0.3 is 6.18 Å². The number of hydrogen-bond donors (Lipinski definition) is 1. The number of nitro benzene ring substituents is 1. The van der Waals surface area contributed by atoms with Crippen LogP contribution in [-0.4, -0.2) is 4.92 Å². The van der Waals surface area contributed by atoms with Gasteiger partial charge in [0.05, 0.1) is 16.2 Å². The van der Waals surface area contributed by atoms with E-state index in [9.17, 15) is 23.3 Å². The highest BCUT2D eigenvalue weighted by molar-refractivity contribution is 5.55. The number of anilines is 1. The maximum absolute atomic E-state index is 12.1. The molecule has 0 aromatic heterocycles. The Balaban J connectivity index is 3.21. The van der Waals surface area contributed by atoms with E-state index >= 15 is 0 Å². The number of nitrogens with two attached hydrogens (primary N) is 1. The van der Waals surface area contributed by atoms with Gasteiger partial charge in [-0.05, 0) is 6.07 Å². The summed E-state index contributed by atoms with van der Waals surface area (Å²) in [7, 11) is 0. The molecule has 14 heavy (non-hydrogen) atoms. The van der Waals surface area contributed by atoms with Crippen LogP contribution in [0, 0.1) is 10.1 Å². The molecule has 2 N–H and O–H groups in total. The highest BCUT2D eigenvalue weighted by Crippen LogP contribution is 2.34. The lowest BCUT2D eigenvalue weighted by atomic mass is 10.1. The molecule has 1 aromatic rings.